The lowest BCUT2D eigenvalue weighted by Crippen LogP contribution is -2.34. The van der Waals surface area contributed by atoms with Crippen molar-refractivity contribution >= 4 is 28.3 Å². The third kappa shape index (κ3) is 2.80. The van der Waals surface area contributed by atoms with Crippen LogP contribution in [-0.4, -0.2) is 10.9 Å². The zero-order chi connectivity index (χ0) is 16.7. The molecule has 1 spiro atoms. The quantitative estimate of drug-likeness (QED) is 0.769. The largest absolute Gasteiger partial charge is 0.379 e. The number of thioether (sulfide) groups is 1. The molecule has 1 aromatic heterocycles. The van der Waals surface area contributed by atoms with E-state index in [1.54, 1.807) is 11.8 Å². The van der Waals surface area contributed by atoms with Crippen LogP contribution in [0.25, 0.3) is 10.4 Å². The first kappa shape index (κ1) is 16.2. The van der Waals surface area contributed by atoms with Gasteiger partial charge in [0.05, 0.1) is 5.54 Å². The molecule has 0 saturated heterocycles. The smallest absolute Gasteiger partial charge is 0.154 e. The fraction of sp³-hybridized carbons (Fsp3) is 0.450. The molecule has 0 radical (unpaired) electrons. The molecule has 24 heavy (non-hydrogen) atoms. The van der Waals surface area contributed by atoms with Crippen LogP contribution >= 0.6 is 23.1 Å². The lowest BCUT2D eigenvalue weighted by molar-refractivity contribution is 0.368. The van der Waals surface area contributed by atoms with E-state index in [1.807, 2.05) is 11.3 Å². The molecule has 0 saturated carbocycles. The van der Waals surface area contributed by atoms with Crippen LogP contribution in [0.5, 0.6) is 0 Å². The van der Waals surface area contributed by atoms with E-state index in [0.29, 0.717) is 5.92 Å². The summed E-state index contributed by atoms with van der Waals surface area (Å²) in [5, 5.41) is 0.767. The number of nitrogens with two attached hydrogens (primary N) is 1. The molecule has 4 heteroatoms. The first-order valence-corrected chi connectivity index (χ1v) is 10.6. The Hall–Kier alpha value is -1.26. The maximum Gasteiger partial charge on any atom is 0.154 e. The van der Waals surface area contributed by atoms with E-state index in [-0.39, 0.29) is 5.54 Å². The Labute approximate surface area is 152 Å². The Morgan fingerprint density at radius 1 is 1.21 bits per heavy atom. The Kier molecular flexibility index (Phi) is 4.21. The zero-order valence-electron chi connectivity index (χ0n) is 14.3. The van der Waals surface area contributed by atoms with Crippen LogP contribution in [0.3, 0.4) is 0 Å². The summed E-state index contributed by atoms with van der Waals surface area (Å²) < 4.78 is 0. The molecule has 1 unspecified atom stereocenters. The summed E-state index contributed by atoms with van der Waals surface area (Å²) in [4.78, 5) is 7.84. The summed E-state index contributed by atoms with van der Waals surface area (Å²) in [6, 6.07) is 11.4. The molecule has 2 N–H and O–H groups in total. The van der Waals surface area contributed by atoms with E-state index in [9.17, 15) is 0 Å². The van der Waals surface area contributed by atoms with Crippen LogP contribution in [-0.2, 0) is 12.0 Å². The average Bonchev–Trinajstić information content (AvgIpc) is 3.01. The summed E-state index contributed by atoms with van der Waals surface area (Å²) in [5.74, 6) is 1.65. The fourth-order valence-corrected chi connectivity index (χ4v) is 6.06. The van der Waals surface area contributed by atoms with E-state index in [2.05, 4.69) is 44.2 Å². The summed E-state index contributed by atoms with van der Waals surface area (Å²) in [6.45, 7) is 4.51. The number of hydrogen-bond donors (Lipinski definition) is 1. The molecular weight excluding hydrogens is 332 g/mol. The number of hydrogen-bond acceptors (Lipinski definition) is 4. The van der Waals surface area contributed by atoms with Crippen LogP contribution in [0.4, 0.5) is 0 Å². The molecular formula is C20H24N2S2. The van der Waals surface area contributed by atoms with Gasteiger partial charge in [-0.1, -0.05) is 49.9 Å². The zero-order valence-corrected chi connectivity index (χ0v) is 16.0. The minimum atomic E-state index is -0.0483. The highest BCUT2D eigenvalue weighted by atomic mass is 32.2. The lowest BCUT2D eigenvalue weighted by atomic mass is 9.78. The standard InChI is InChI=1S/C20H24N2S2/c1-13(2)14-5-3-6-15(11-14)18-12-16-17(24-18)7-4-8-20(16)9-10-23-19(21)22-20/h3,5-6,11-13H,4,7-10H2,1-2H3,(H2,21,22). The molecule has 2 heterocycles. The molecule has 2 nitrogen and oxygen atoms in total. The molecule has 1 aliphatic heterocycles. The fourth-order valence-electron chi connectivity index (χ4n) is 3.88. The molecule has 1 aliphatic carbocycles. The monoisotopic (exact) mass is 356 g/mol. The van der Waals surface area contributed by atoms with Gasteiger partial charge in [-0.05, 0) is 54.4 Å². The third-order valence-corrected chi connectivity index (χ3v) is 7.27. The number of fused-ring (bicyclic) bond motifs is 2. The first-order valence-electron chi connectivity index (χ1n) is 8.79. The van der Waals surface area contributed by atoms with Crippen molar-refractivity contribution in [1.29, 1.82) is 0 Å². The Morgan fingerprint density at radius 3 is 2.88 bits per heavy atom. The van der Waals surface area contributed by atoms with E-state index in [0.717, 1.165) is 23.8 Å². The molecule has 126 valence electrons. The van der Waals surface area contributed by atoms with Crippen LogP contribution in [0.15, 0.2) is 35.3 Å². The first-order chi connectivity index (χ1) is 11.6. The van der Waals surface area contributed by atoms with Gasteiger partial charge in [0.15, 0.2) is 5.17 Å². The van der Waals surface area contributed by atoms with E-state index in [4.69, 9.17) is 10.7 Å². The van der Waals surface area contributed by atoms with Gasteiger partial charge in [0.2, 0.25) is 0 Å². The van der Waals surface area contributed by atoms with Crippen LogP contribution in [0, 0.1) is 0 Å². The Bertz CT molecular complexity index is 791. The van der Waals surface area contributed by atoms with Crippen molar-refractivity contribution in [2.24, 2.45) is 10.7 Å². The van der Waals surface area contributed by atoms with Gasteiger partial charge in [0.1, 0.15) is 0 Å². The van der Waals surface area contributed by atoms with Gasteiger partial charge in [-0.15, -0.1) is 11.3 Å². The van der Waals surface area contributed by atoms with Crippen molar-refractivity contribution in [3.05, 3.63) is 46.3 Å². The van der Waals surface area contributed by atoms with E-state index >= 15 is 0 Å². The highest BCUT2D eigenvalue weighted by Gasteiger charge is 2.39. The number of amidine groups is 1. The molecule has 0 bridgehead atoms. The highest BCUT2D eigenvalue weighted by Crippen LogP contribution is 2.49. The van der Waals surface area contributed by atoms with Crippen LogP contribution in [0.1, 0.15) is 55.0 Å². The Balaban J connectivity index is 1.78. The van der Waals surface area contributed by atoms with Gasteiger partial charge in [-0.2, -0.15) is 0 Å². The summed E-state index contributed by atoms with van der Waals surface area (Å²) in [6.07, 6.45) is 4.67. The normalized spacial score (nSPS) is 23.4. The summed E-state index contributed by atoms with van der Waals surface area (Å²) >= 11 is 3.66. The van der Waals surface area contributed by atoms with Crippen molar-refractivity contribution in [3.8, 4) is 10.4 Å². The van der Waals surface area contributed by atoms with E-state index in [1.165, 1.54) is 39.3 Å². The van der Waals surface area contributed by atoms with E-state index < -0.39 is 0 Å². The van der Waals surface area contributed by atoms with Gasteiger partial charge in [-0.3, -0.25) is 4.99 Å². The second-order valence-electron chi connectivity index (χ2n) is 7.16. The number of nitrogens with zero attached hydrogens (tertiary/aromatic N) is 1. The third-order valence-electron chi connectivity index (χ3n) is 5.23. The van der Waals surface area contributed by atoms with Gasteiger partial charge in [0, 0.05) is 15.5 Å². The maximum absolute atomic E-state index is 6.08. The number of benzene rings is 1. The summed E-state index contributed by atoms with van der Waals surface area (Å²) in [5.41, 5.74) is 10.2. The van der Waals surface area contributed by atoms with Crippen molar-refractivity contribution < 1.29 is 0 Å². The lowest BCUT2D eigenvalue weighted by Gasteiger charge is -2.36. The Morgan fingerprint density at radius 2 is 2.08 bits per heavy atom. The predicted octanol–water partition coefficient (Wildman–Crippen LogP) is 5.52. The molecule has 1 aromatic carbocycles. The second kappa shape index (κ2) is 6.23. The molecule has 0 fully saturated rings. The molecule has 0 amide bonds. The summed E-state index contributed by atoms with van der Waals surface area (Å²) in [7, 11) is 0. The number of rotatable bonds is 2. The minimum Gasteiger partial charge on any atom is -0.379 e. The minimum absolute atomic E-state index is 0.0483. The van der Waals surface area contributed by atoms with Gasteiger partial charge in [-0.25, -0.2) is 0 Å². The maximum atomic E-state index is 6.08. The van der Waals surface area contributed by atoms with Crippen LogP contribution < -0.4 is 5.73 Å². The second-order valence-corrected chi connectivity index (χ2v) is 9.41. The number of aryl methyl sites for hydroxylation is 1. The van der Waals surface area contributed by atoms with Crippen LogP contribution in [0.2, 0.25) is 0 Å². The molecule has 4 rings (SSSR count). The highest BCUT2D eigenvalue weighted by molar-refractivity contribution is 8.13. The van der Waals surface area contributed by atoms with Gasteiger partial charge >= 0.3 is 0 Å². The topological polar surface area (TPSA) is 38.4 Å². The molecule has 2 aromatic rings. The average molecular weight is 357 g/mol. The van der Waals surface area contributed by atoms with Crippen molar-refractivity contribution in [2.45, 2.75) is 51.0 Å². The van der Waals surface area contributed by atoms with Gasteiger partial charge in [0.25, 0.3) is 0 Å². The number of aliphatic imine (C=N–C) groups is 1. The predicted molar refractivity (Wildman–Crippen MR) is 107 cm³/mol. The van der Waals surface area contributed by atoms with Crippen molar-refractivity contribution in [2.75, 3.05) is 5.75 Å². The van der Waals surface area contributed by atoms with Gasteiger partial charge < -0.3 is 5.73 Å². The molecule has 1 atom stereocenters. The van der Waals surface area contributed by atoms with Crippen molar-refractivity contribution in [1.82, 2.24) is 0 Å². The van der Waals surface area contributed by atoms with Crippen molar-refractivity contribution in [3.63, 3.8) is 0 Å². The number of thiophene rings is 1. The molecule has 2 aliphatic rings. The SMILES string of the molecule is CC(C)c1cccc(-c2cc3c(s2)CCCC32CCSC(N)=N2)c1.